The number of hydrogen-bond donors (Lipinski definition) is 0. The van der Waals surface area contributed by atoms with Gasteiger partial charge in [-0.3, -0.25) is 9.78 Å². The fourth-order valence-corrected chi connectivity index (χ4v) is 3.41. The molecule has 1 aliphatic rings. The van der Waals surface area contributed by atoms with Gasteiger partial charge in [0.15, 0.2) is 0 Å². The topological polar surface area (TPSA) is 51.7 Å². The molecule has 148 valence electrons. The molecule has 4 rings (SSSR count). The van der Waals surface area contributed by atoms with Gasteiger partial charge in [0.2, 0.25) is 0 Å². The average Bonchev–Trinajstić information content (AvgIpc) is 2.99. The number of rotatable bonds is 6. The first-order chi connectivity index (χ1) is 14.3. The molecule has 0 saturated heterocycles. The number of benzene rings is 2. The normalized spacial score (nSPS) is 13.3. The predicted octanol–water partition coefficient (Wildman–Crippen LogP) is 3.88. The Balaban J connectivity index is 1.38. The summed E-state index contributed by atoms with van der Waals surface area (Å²) >= 11 is 0. The second-order valence-corrected chi connectivity index (χ2v) is 7.04. The van der Waals surface area contributed by atoms with E-state index in [0.29, 0.717) is 38.5 Å². The van der Waals surface area contributed by atoms with Gasteiger partial charge in [-0.05, 0) is 41.8 Å². The number of fused-ring (bicyclic) bond motifs is 1. The van der Waals surface area contributed by atoms with Crippen molar-refractivity contribution < 1.29 is 14.3 Å². The zero-order chi connectivity index (χ0) is 19.9. The summed E-state index contributed by atoms with van der Waals surface area (Å²) in [6.07, 6.45) is 4.17. The van der Waals surface area contributed by atoms with E-state index in [-0.39, 0.29) is 5.91 Å². The maximum Gasteiger partial charge on any atom is 0.254 e. The van der Waals surface area contributed by atoms with Crippen molar-refractivity contribution in [1.82, 2.24) is 9.88 Å². The largest absolute Gasteiger partial charge is 0.491 e. The van der Waals surface area contributed by atoms with Gasteiger partial charge in [-0.1, -0.05) is 36.4 Å². The Morgan fingerprint density at radius 3 is 2.69 bits per heavy atom. The number of carbonyl (C=O) groups excluding carboxylic acids is 1. The van der Waals surface area contributed by atoms with Gasteiger partial charge in [0.25, 0.3) is 5.91 Å². The summed E-state index contributed by atoms with van der Waals surface area (Å²) in [6.45, 7) is 2.77. The molecular weight excluding hydrogens is 364 g/mol. The number of aromatic nitrogens is 1. The number of hydrogen-bond acceptors (Lipinski definition) is 4. The molecule has 0 N–H and O–H groups in total. The summed E-state index contributed by atoms with van der Waals surface area (Å²) in [5.41, 5.74) is 4.00. The molecule has 3 aromatic rings. The first kappa shape index (κ1) is 19.2. The lowest BCUT2D eigenvalue weighted by Crippen LogP contribution is -2.32. The summed E-state index contributed by atoms with van der Waals surface area (Å²) in [4.78, 5) is 18.6. The van der Waals surface area contributed by atoms with E-state index in [1.165, 1.54) is 5.56 Å². The molecule has 2 heterocycles. The third-order valence-electron chi connectivity index (χ3n) is 4.97. The minimum atomic E-state index is -0.00614. The highest BCUT2D eigenvalue weighted by molar-refractivity contribution is 5.94. The Bertz CT molecular complexity index is 945. The highest BCUT2D eigenvalue weighted by atomic mass is 16.5. The molecule has 0 spiro atoms. The first-order valence-electron chi connectivity index (χ1n) is 9.85. The van der Waals surface area contributed by atoms with Crippen molar-refractivity contribution in [3.63, 3.8) is 0 Å². The molecule has 1 amide bonds. The second-order valence-electron chi connectivity index (χ2n) is 7.04. The third kappa shape index (κ3) is 5.00. The van der Waals surface area contributed by atoms with E-state index in [1.807, 2.05) is 35.2 Å². The summed E-state index contributed by atoms with van der Waals surface area (Å²) < 4.78 is 11.7. The molecular formula is C24H24N2O3. The Hall–Kier alpha value is -3.18. The number of ether oxygens (including phenoxy) is 2. The van der Waals surface area contributed by atoms with Crippen LogP contribution in [0.3, 0.4) is 0 Å². The standard InChI is InChI=1S/C24H24N2O3/c27-24(21-8-11-25-12-9-21)26-13-15-29-23-7-6-20(16-22(23)17-26)18-28-14-10-19-4-2-1-3-5-19/h1-9,11-12,16H,10,13-15,17-18H2. The average molecular weight is 388 g/mol. The second kappa shape index (κ2) is 9.34. The molecule has 0 saturated carbocycles. The summed E-state index contributed by atoms with van der Waals surface area (Å²) in [5, 5.41) is 0. The molecule has 0 aliphatic carbocycles. The van der Waals surface area contributed by atoms with Crippen LogP contribution in [0.1, 0.15) is 27.0 Å². The Morgan fingerprint density at radius 1 is 1.03 bits per heavy atom. The third-order valence-corrected chi connectivity index (χ3v) is 4.97. The van der Waals surface area contributed by atoms with Gasteiger partial charge >= 0.3 is 0 Å². The van der Waals surface area contributed by atoms with Crippen molar-refractivity contribution in [1.29, 1.82) is 0 Å². The molecule has 0 atom stereocenters. The Kier molecular flexibility index (Phi) is 6.17. The zero-order valence-electron chi connectivity index (χ0n) is 16.3. The van der Waals surface area contributed by atoms with Crippen molar-refractivity contribution in [2.24, 2.45) is 0 Å². The van der Waals surface area contributed by atoms with E-state index in [9.17, 15) is 4.79 Å². The molecule has 2 aromatic carbocycles. The SMILES string of the molecule is O=C(c1ccncc1)N1CCOc2ccc(COCCc3ccccc3)cc2C1. The lowest BCUT2D eigenvalue weighted by Gasteiger charge is -2.20. The van der Waals surface area contributed by atoms with Crippen molar-refractivity contribution >= 4 is 5.91 Å². The van der Waals surface area contributed by atoms with Crippen LogP contribution in [0.2, 0.25) is 0 Å². The van der Waals surface area contributed by atoms with Gasteiger partial charge in [0, 0.05) is 30.1 Å². The van der Waals surface area contributed by atoms with Crippen molar-refractivity contribution in [2.45, 2.75) is 19.6 Å². The van der Waals surface area contributed by atoms with Crippen LogP contribution < -0.4 is 4.74 Å². The minimum Gasteiger partial charge on any atom is -0.491 e. The zero-order valence-corrected chi connectivity index (χ0v) is 16.3. The van der Waals surface area contributed by atoms with E-state index in [1.54, 1.807) is 24.5 Å². The Labute approximate surface area is 170 Å². The fourth-order valence-electron chi connectivity index (χ4n) is 3.41. The summed E-state index contributed by atoms with van der Waals surface area (Å²) in [7, 11) is 0. The smallest absolute Gasteiger partial charge is 0.254 e. The number of amides is 1. The molecule has 0 radical (unpaired) electrons. The molecule has 1 aromatic heterocycles. The van der Waals surface area contributed by atoms with Crippen LogP contribution in [0.15, 0.2) is 73.1 Å². The first-order valence-corrected chi connectivity index (χ1v) is 9.85. The predicted molar refractivity (Wildman–Crippen MR) is 111 cm³/mol. The van der Waals surface area contributed by atoms with E-state index < -0.39 is 0 Å². The van der Waals surface area contributed by atoms with Gasteiger partial charge in [0.05, 0.1) is 19.8 Å². The molecule has 0 unspecified atom stereocenters. The highest BCUT2D eigenvalue weighted by Gasteiger charge is 2.21. The molecule has 5 heteroatoms. The number of nitrogens with zero attached hydrogens (tertiary/aromatic N) is 2. The van der Waals surface area contributed by atoms with Crippen LogP contribution in [-0.4, -0.2) is 35.5 Å². The minimum absolute atomic E-state index is 0.00614. The van der Waals surface area contributed by atoms with Gasteiger partial charge in [-0.25, -0.2) is 0 Å². The van der Waals surface area contributed by atoms with Crippen molar-refractivity contribution in [3.05, 3.63) is 95.3 Å². The molecule has 1 aliphatic heterocycles. The lowest BCUT2D eigenvalue weighted by molar-refractivity contribution is 0.0733. The van der Waals surface area contributed by atoms with Gasteiger partial charge < -0.3 is 14.4 Å². The summed E-state index contributed by atoms with van der Waals surface area (Å²) in [5.74, 6) is 0.830. The maximum atomic E-state index is 12.8. The highest BCUT2D eigenvalue weighted by Crippen LogP contribution is 2.25. The maximum absolute atomic E-state index is 12.8. The van der Waals surface area contributed by atoms with Crippen LogP contribution in [0.5, 0.6) is 5.75 Å². The van der Waals surface area contributed by atoms with E-state index in [2.05, 4.69) is 23.2 Å². The molecule has 5 nitrogen and oxygen atoms in total. The van der Waals surface area contributed by atoms with Crippen LogP contribution in [-0.2, 0) is 24.3 Å². The van der Waals surface area contributed by atoms with E-state index in [0.717, 1.165) is 23.3 Å². The van der Waals surface area contributed by atoms with Crippen molar-refractivity contribution in [3.8, 4) is 5.75 Å². The molecule has 0 bridgehead atoms. The van der Waals surface area contributed by atoms with E-state index >= 15 is 0 Å². The van der Waals surface area contributed by atoms with Gasteiger partial charge in [-0.15, -0.1) is 0 Å². The molecule has 0 fully saturated rings. The number of pyridine rings is 1. The van der Waals surface area contributed by atoms with Crippen LogP contribution in [0, 0.1) is 0 Å². The van der Waals surface area contributed by atoms with Gasteiger partial charge in [-0.2, -0.15) is 0 Å². The van der Waals surface area contributed by atoms with E-state index in [4.69, 9.17) is 9.47 Å². The number of carbonyl (C=O) groups is 1. The van der Waals surface area contributed by atoms with Gasteiger partial charge in [0.1, 0.15) is 12.4 Å². The molecule has 29 heavy (non-hydrogen) atoms. The quantitative estimate of drug-likeness (QED) is 0.602. The monoisotopic (exact) mass is 388 g/mol. The van der Waals surface area contributed by atoms with Crippen LogP contribution >= 0.6 is 0 Å². The van der Waals surface area contributed by atoms with Crippen LogP contribution in [0.25, 0.3) is 0 Å². The lowest BCUT2D eigenvalue weighted by atomic mass is 10.1. The Morgan fingerprint density at radius 2 is 1.86 bits per heavy atom. The fraction of sp³-hybridized carbons (Fsp3) is 0.250. The van der Waals surface area contributed by atoms with Crippen molar-refractivity contribution in [2.75, 3.05) is 19.8 Å². The summed E-state index contributed by atoms with van der Waals surface area (Å²) in [6, 6.07) is 19.9. The van der Waals surface area contributed by atoms with Crippen LogP contribution in [0.4, 0.5) is 0 Å².